The van der Waals surface area contributed by atoms with E-state index in [0.717, 1.165) is 36.9 Å². The van der Waals surface area contributed by atoms with Gasteiger partial charge >= 0.3 is 5.97 Å². The van der Waals surface area contributed by atoms with E-state index < -0.39 is 15.8 Å². The number of nitrogens with one attached hydrogen (secondary N) is 1. The Hall–Kier alpha value is -2.72. The van der Waals surface area contributed by atoms with Crippen LogP contribution < -0.4 is 5.32 Å². The van der Waals surface area contributed by atoms with Crippen molar-refractivity contribution in [2.24, 2.45) is 0 Å². The average molecular weight is 532 g/mol. The van der Waals surface area contributed by atoms with Gasteiger partial charge in [0.25, 0.3) is 5.91 Å². The van der Waals surface area contributed by atoms with E-state index in [1.807, 2.05) is 6.92 Å². The summed E-state index contributed by atoms with van der Waals surface area (Å²) in [5.41, 5.74) is 2.73. The highest BCUT2D eigenvalue weighted by molar-refractivity contribution is 7.92. The highest BCUT2D eigenvalue weighted by Gasteiger charge is 2.30. The summed E-state index contributed by atoms with van der Waals surface area (Å²) in [5, 5.41) is 7.33. The summed E-state index contributed by atoms with van der Waals surface area (Å²) in [6.07, 6.45) is 6.71. The Morgan fingerprint density at radius 3 is 2.59 bits per heavy atom. The topological polar surface area (TPSA) is 117 Å². The summed E-state index contributed by atoms with van der Waals surface area (Å²) < 4.78 is 38.3. The van der Waals surface area contributed by atoms with Crippen molar-refractivity contribution in [3.05, 3.63) is 46.8 Å². The van der Waals surface area contributed by atoms with Gasteiger partial charge < -0.3 is 14.8 Å². The Balaban J connectivity index is 1.35. The molecule has 2 aromatic rings. The van der Waals surface area contributed by atoms with Gasteiger partial charge in [0.15, 0.2) is 9.84 Å². The van der Waals surface area contributed by atoms with Crippen molar-refractivity contribution < 1.29 is 27.5 Å². The molecule has 1 saturated carbocycles. The molecule has 0 bridgehead atoms. The Morgan fingerprint density at radius 1 is 1.14 bits per heavy atom. The minimum absolute atomic E-state index is 0.109. The van der Waals surface area contributed by atoms with Gasteiger partial charge in [0.2, 0.25) is 0 Å². The summed E-state index contributed by atoms with van der Waals surface area (Å²) in [6, 6.07) is 6.04. The number of esters is 1. The molecule has 202 valence electrons. The van der Waals surface area contributed by atoms with Gasteiger partial charge in [-0.25, -0.2) is 13.2 Å². The van der Waals surface area contributed by atoms with E-state index in [2.05, 4.69) is 10.4 Å². The van der Waals surface area contributed by atoms with Gasteiger partial charge in [0, 0.05) is 31.9 Å². The van der Waals surface area contributed by atoms with Crippen molar-refractivity contribution in [2.45, 2.75) is 81.4 Å². The van der Waals surface area contributed by atoms with Crippen molar-refractivity contribution >= 4 is 21.7 Å². The molecule has 1 amide bonds. The maximum Gasteiger partial charge on any atom is 0.338 e. The fourth-order valence-corrected chi connectivity index (χ4v) is 6.92. The second-order valence-corrected chi connectivity index (χ2v) is 11.9. The van der Waals surface area contributed by atoms with Crippen LogP contribution in [0.3, 0.4) is 0 Å². The smallest absolute Gasteiger partial charge is 0.338 e. The second-order valence-electron chi connectivity index (χ2n) is 9.63. The maximum atomic E-state index is 12.8. The van der Waals surface area contributed by atoms with Crippen molar-refractivity contribution in [1.29, 1.82) is 0 Å². The lowest BCUT2D eigenvalue weighted by molar-refractivity contribution is 0.0500. The SMILES string of the molecule is CCn1nc(CCCOC(=O)c2ccc(S(=O)(=O)C3CCCC3)cc2)c2c1C(=O)NCCCOCCC2. The highest BCUT2D eigenvalue weighted by atomic mass is 32.2. The van der Waals surface area contributed by atoms with Crippen LogP contribution in [0.5, 0.6) is 0 Å². The van der Waals surface area contributed by atoms with Crippen LogP contribution in [0.2, 0.25) is 0 Å². The number of ether oxygens (including phenoxy) is 2. The number of aromatic nitrogens is 2. The molecule has 1 aromatic heterocycles. The monoisotopic (exact) mass is 531 g/mol. The first-order valence-corrected chi connectivity index (χ1v) is 14.9. The van der Waals surface area contributed by atoms with Crippen molar-refractivity contribution in [1.82, 2.24) is 15.1 Å². The van der Waals surface area contributed by atoms with E-state index in [4.69, 9.17) is 9.47 Å². The minimum Gasteiger partial charge on any atom is -0.462 e. The molecular weight excluding hydrogens is 494 g/mol. The fraction of sp³-hybridized carbons (Fsp3) is 0.593. The number of nitrogens with zero attached hydrogens (tertiary/aromatic N) is 2. The number of sulfone groups is 1. The van der Waals surface area contributed by atoms with Crippen LogP contribution >= 0.6 is 0 Å². The lowest BCUT2D eigenvalue weighted by Crippen LogP contribution is -2.28. The van der Waals surface area contributed by atoms with Crippen LogP contribution in [0.1, 0.15) is 84.0 Å². The number of carbonyl (C=O) groups excluding carboxylic acids is 2. The Morgan fingerprint density at radius 2 is 1.86 bits per heavy atom. The number of carbonyl (C=O) groups is 2. The first-order chi connectivity index (χ1) is 17.9. The number of amides is 1. The van der Waals surface area contributed by atoms with Gasteiger partial charge in [0.05, 0.1) is 28.0 Å². The number of hydrogen-bond donors (Lipinski definition) is 1. The Labute approximate surface area is 218 Å². The van der Waals surface area contributed by atoms with E-state index in [-0.39, 0.29) is 22.7 Å². The first kappa shape index (κ1) is 27.3. The zero-order chi connectivity index (χ0) is 26.3. The van der Waals surface area contributed by atoms with Crippen LogP contribution in [0.4, 0.5) is 0 Å². The molecule has 0 atom stereocenters. The molecule has 1 N–H and O–H groups in total. The molecule has 1 aromatic carbocycles. The molecule has 0 saturated heterocycles. The molecule has 0 unspecified atom stereocenters. The second kappa shape index (κ2) is 12.7. The van der Waals surface area contributed by atoms with Crippen LogP contribution in [0.15, 0.2) is 29.2 Å². The van der Waals surface area contributed by atoms with Gasteiger partial charge in [-0.1, -0.05) is 12.8 Å². The number of rotatable bonds is 8. The normalized spacial score (nSPS) is 17.6. The summed E-state index contributed by atoms with van der Waals surface area (Å²) >= 11 is 0. The van der Waals surface area contributed by atoms with Crippen molar-refractivity contribution in [2.75, 3.05) is 26.4 Å². The molecule has 4 rings (SSSR count). The lowest BCUT2D eigenvalue weighted by atomic mass is 10.0. The fourth-order valence-electron chi connectivity index (χ4n) is 5.07. The van der Waals surface area contributed by atoms with Gasteiger partial charge in [-0.3, -0.25) is 9.48 Å². The van der Waals surface area contributed by atoms with E-state index in [1.165, 1.54) is 24.3 Å². The number of aryl methyl sites for hydroxylation is 2. The van der Waals surface area contributed by atoms with Gasteiger partial charge in [0.1, 0.15) is 5.69 Å². The summed E-state index contributed by atoms with van der Waals surface area (Å²) in [5.74, 6) is -0.595. The maximum absolute atomic E-state index is 12.8. The first-order valence-electron chi connectivity index (χ1n) is 13.4. The quantitative estimate of drug-likeness (QED) is 0.409. The average Bonchev–Trinajstić information content (AvgIpc) is 3.56. The minimum atomic E-state index is -3.35. The third-order valence-electron chi connectivity index (χ3n) is 7.07. The number of benzene rings is 1. The van der Waals surface area contributed by atoms with Crippen LogP contribution in [-0.2, 0) is 38.7 Å². The predicted molar refractivity (Wildman–Crippen MR) is 138 cm³/mol. The molecule has 2 heterocycles. The molecule has 1 fully saturated rings. The zero-order valence-electron chi connectivity index (χ0n) is 21.5. The van der Waals surface area contributed by atoms with E-state index in [9.17, 15) is 18.0 Å². The molecule has 0 radical (unpaired) electrons. The zero-order valence-corrected chi connectivity index (χ0v) is 22.4. The molecule has 2 aliphatic rings. The third kappa shape index (κ3) is 6.59. The summed E-state index contributed by atoms with van der Waals surface area (Å²) in [7, 11) is -3.35. The van der Waals surface area contributed by atoms with Crippen LogP contribution in [0, 0.1) is 0 Å². The number of fused-ring (bicyclic) bond motifs is 1. The van der Waals surface area contributed by atoms with Gasteiger partial charge in [-0.05, 0) is 76.1 Å². The molecular formula is C27H37N3O6S. The predicted octanol–water partition coefficient (Wildman–Crippen LogP) is 3.49. The summed E-state index contributed by atoms with van der Waals surface area (Å²) in [6.45, 7) is 4.59. The molecule has 1 aliphatic carbocycles. The molecule has 9 nitrogen and oxygen atoms in total. The molecule has 10 heteroatoms. The van der Waals surface area contributed by atoms with E-state index in [1.54, 1.807) is 4.68 Å². The largest absolute Gasteiger partial charge is 0.462 e. The third-order valence-corrected chi connectivity index (χ3v) is 9.34. The van der Waals surface area contributed by atoms with Crippen LogP contribution in [0.25, 0.3) is 0 Å². The highest BCUT2D eigenvalue weighted by Crippen LogP contribution is 2.29. The Kier molecular flexibility index (Phi) is 9.37. The van der Waals surface area contributed by atoms with Crippen molar-refractivity contribution in [3.63, 3.8) is 0 Å². The summed E-state index contributed by atoms with van der Waals surface area (Å²) in [4.78, 5) is 25.6. The van der Waals surface area contributed by atoms with E-state index >= 15 is 0 Å². The van der Waals surface area contributed by atoms with Crippen LogP contribution in [-0.4, -0.2) is 61.7 Å². The molecule has 1 aliphatic heterocycles. The van der Waals surface area contributed by atoms with Gasteiger partial charge in [-0.2, -0.15) is 5.10 Å². The van der Waals surface area contributed by atoms with Crippen molar-refractivity contribution in [3.8, 4) is 0 Å². The standard InChI is InChI=1S/C27H37N3O6S/c1-2-30-25-23(10-5-17-35-18-7-16-28-26(25)31)24(29-30)11-6-19-36-27(32)20-12-14-22(15-13-20)37(33,34)21-8-3-4-9-21/h12-15,21H,2-11,16-19H2,1H3,(H,28,31). The van der Waals surface area contributed by atoms with Gasteiger partial charge in [-0.15, -0.1) is 0 Å². The number of hydrogen-bond acceptors (Lipinski definition) is 7. The lowest BCUT2D eigenvalue weighted by Gasteiger charge is -2.11. The van der Waals surface area contributed by atoms with E-state index in [0.29, 0.717) is 69.7 Å². The molecule has 37 heavy (non-hydrogen) atoms. The molecule has 0 spiro atoms. The Bertz CT molecular complexity index is 1180.